The highest BCUT2D eigenvalue weighted by Gasteiger charge is 2.24. The number of nitrogens with one attached hydrogen (secondary N) is 1. The average Bonchev–Trinajstić information content (AvgIpc) is 2.37. The summed E-state index contributed by atoms with van der Waals surface area (Å²) < 4.78 is 40.2. The molecule has 0 spiro atoms. The van der Waals surface area contributed by atoms with Gasteiger partial charge < -0.3 is 5.73 Å². The zero-order valence-electron chi connectivity index (χ0n) is 10.1. The summed E-state index contributed by atoms with van der Waals surface area (Å²) in [6, 6.07) is 3.86. The second kappa shape index (κ2) is 6.34. The van der Waals surface area contributed by atoms with Crippen molar-refractivity contribution in [2.45, 2.75) is 10.1 Å². The summed E-state index contributed by atoms with van der Waals surface area (Å²) in [4.78, 5) is -0.455. The Bertz CT molecular complexity index is 525. The maximum Gasteiger partial charge on any atom is 0.245 e. The van der Waals surface area contributed by atoms with Gasteiger partial charge in [0.25, 0.3) is 0 Å². The molecule has 0 saturated carbocycles. The van der Waals surface area contributed by atoms with Crippen molar-refractivity contribution in [2.75, 3.05) is 29.5 Å². The molecular weight excluding hydrogens is 307 g/mol. The van der Waals surface area contributed by atoms with E-state index in [9.17, 15) is 12.8 Å². The standard InChI is InChI=1S/C11H15FN2O2S3/c12-9-2-1-3-10(13)11(9)19(15,16)14-6-8-7-17-4-5-18-8/h1-3,8,14H,4-7,13H2. The maximum atomic E-state index is 13.6. The molecule has 1 heterocycles. The summed E-state index contributed by atoms with van der Waals surface area (Å²) in [5.41, 5.74) is 5.48. The first-order chi connectivity index (χ1) is 9.00. The lowest BCUT2D eigenvalue weighted by atomic mass is 10.3. The van der Waals surface area contributed by atoms with Gasteiger partial charge in [-0.05, 0) is 12.1 Å². The third-order valence-electron chi connectivity index (χ3n) is 2.65. The van der Waals surface area contributed by atoms with Crippen LogP contribution in [0, 0.1) is 5.82 Å². The Labute approximate surface area is 120 Å². The second-order valence-corrected chi connectivity index (χ2v) is 8.34. The monoisotopic (exact) mass is 322 g/mol. The topological polar surface area (TPSA) is 72.2 Å². The molecule has 19 heavy (non-hydrogen) atoms. The molecule has 1 fully saturated rings. The van der Waals surface area contributed by atoms with Crippen molar-refractivity contribution in [3.05, 3.63) is 24.0 Å². The van der Waals surface area contributed by atoms with Crippen molar-refractivity contribution in [3.8, 4) is 0 Å². The summed E-state index contributed by atoms with van der Waals surface area (Å²) in [6.45, 7) is 0.299. The van der Waals surface area contributed by atoms with Crippen molar-refractivity contribution in [1.29, 1.82) is 0 Å². The number of nitrogens with two attached hydrogens (primary N) is 1. The number of halogens is 1. The number of benzene rings is 1. The predicted molar refractivity (Wildman–Crippen MR) is 79.6 cm³/mol. The molecule has 0 aliphatic carbocycles. The molecule has 0 bridgehead atoms. The van der Waals surface area contributed by atoms with Crippen LogP contribution in [0.3, 0.4) is 0 Å². The van der Waals surface area contributed by atoms with E-state index in [-0.39, 0.29) is 10.9 Å². The van der Waals surface area contributed by atoms with Crippen molar-refractivity contribution in [3.63, 3.8) is 0 Å². The fourth-order valence-corrected chi connectivity index (χ4v) is 5.72. The summed E-state index contributed by atoms with van der Waals surface area (Å²) >= 11 is 3.54. The first kappa shape index (κ1) is 15.0. The van der Waals surface area contributed by atoms with E-state index in [0.717, 1.165) is 23.3 Å². The van der Waals surface area contributed by atoms with Crippen LogP contribution in [0.25, 0.3) is 0 Å². The van der Waals surface area contributed by atoms with Crippen LogP contribution in [0.4, 0.5) is 10.1 Å². The third kappa shape index (κ3) is 3.77. The quantitative estimate of drug-likeness (QED) is 0.823. The molecule has 2 rings (SSSR count). The second-order valence-electron chi connectivity index (χ2n) is 4.08. The minimum absolute atomic E-state index is 0.0711. The molecule has 1 aromatic rings. The molecule has 1 aromatic carbocycles. The maximum absolute atomic E-state index is 13.6. The van der Waals surface area contributed by atoms with E-state index in [0.29, 0.717) is 6.54 Å². The number of thioether (sulfide) groups is 2. The minimum Gasteiger partial charge on any atom is -0.398 e. The Hall–Kier alpha value is -0.440. The molecule has 4 nitrogen and oxygen atoms in total. The summed E-state index contributed by atoms with van der Waals surface area (Å²) in [5, 5.41) is 0.224. The Morgan fingerprint density at radius 2 is 2.21 bits per heavy atom. The lowest BCUT2D eigenvalue weighted by Crippen LogP contribution is -2.34. The molecule has 3 N–H and O–H groups in total. The van der Waals surface area contributed by atoms with Crippen molar-refractivity contribution >= 4 is 39.2 Å². The Morgan fingerprint density at radius 3 is 2.84 bits per heavy atom. The normalized spacial score (nSPS) is 20.4. The Morgan fingerprint density at radius 1 is 1.42 bits per heavy atom. The van der Waals surface area contributed by atoms with E-state index in [2.05, 4.69) is 4.72 Å². The summed E-state index contributed by atoms with van der Waals surface area (Å²) in [7, 11) is -3.89. The zero-order valence-corrected chi connectivity index (χ0v) is 12.6. The Balaban J connectivity index is 2.09. The molecule has 0 aromatic heterocycles. The Kier molecular flexibility index (Phi) is 4.99. The highest BCUT2D eigenvalue weighted by molar-refractivity contribution is 8.06. The van der Waals surface area contributed by atoms with Gasteiger partial charge in [0.15, 0.2) is 0 Å². The van der Waals surface area contributed by atoms with E-state index in [1.54, 1.807) is 23.5 Å². The van der Waals surface area contributed by atoms with E-state index in [1.807, 2.05) is 0 Å². The van der Waals surface area contributed by atoms with Gasteiger partial charge in [-0.3, -0.25) is 0 Å². The fraction of sp³-hybridized carbons (Fsp3) is 0.455. The molecule has 106 valence electrons. The minimum atomic E-state index is -3.89. The molecule has 1 aliphatic heterocycles. The van der Waals surface area contributed by atoms with Crippen molar-refractivity contribution < 1.29 is 12.8 Å². The van der Waals surface area contributed by atoms with Crippen molar-refractivity contribution in [2.24, 2.45) is 0 Å². The summed E-state index contributed by atoms with van der Waals surface area (Å²) in [5.74, 6) is 2.19. The smallest absolute Gasteiger partial charge is 0.245 e. The average molecular weight is 322 g/mol. The van der Waals surface area contributed by atoms with Gasteiger partial charge in [-0.1, -0.05) is 6.07 Å². The number of sulfonamides is 1. The van der Waals surface area contributed by atoms with Crippen LogP contribution in [0.5, 0.6) is 0 Å². The van der Waals surface area contributed by atoms with Crippen LogP contribution in [0.1, 0.15) is 0 Å². The molecule has 1 aliphatic rings. The zero-order chi connectivity index (χ0) is 13.9. The number of hydrogen-bond acceptors (Lipinski definition) is 5. The van der Waals surface area contributed by atoms with Gasteiger partial charge >= 0.3 is 0 Å². The first-order valence-electron chi connectivity index (χ1n) is 5.74. The predicted octanol–water partition coefficient (Wildman–Crippen LogP) is 1.53. The van der Waals surface area contributed by atoms with E-state index < -0.39 is 20.7 Å². The highest BCUT2D eigenvalue weighted by atomic mass is 32.2. The molecule has 0 radical (unpaired) electrons. The van der Waals surface area contributed by atoms with E-state index in [4.69, 9.17) is 5.73 Å². The largest absolute Gasteiger partial charge is 0.398 e. The van der Waals surface area contributed by atoms with Gasteiger partial charge in [-0.2, -0.15) is 23.5 Å². The van der Waals surface area contributed by atoms with Gasteiger partial charge in [-0.25, -0.2) is 17.5 Å². The number of anilines is 1. The van der Waals surface area contributed by atoms with E-state index >= 15 is 0 Å². The molecule has 1 unspecified atom stereocenters. The van der Waals surface area contributed by atoms with Gasteiger partial charge in [0.1, 0.15) is 10.7 Å². The molecule has 8 heteroatoms. The molecule has 0 amide bonds. The first-order valence-corrected chi connectivity index (χ1v) is 9.42. The van der Waals surface area contributed by atoms with Gasteiger partial charge in [0, 0.05) is 29.1 Å². The fourth-order valence-electron chi connectivity index (χ4n) is 1.74. The van der Waals surface area contributed by atoms with Crippen LogP contribution < -0.4 is 10.5 Å². The number of rotatable bonds is 4. The molecule has 1 saturated heterocycles. The third-order valence-corrected chi connectivity index (χ3v) is 7.01. The van der Waals surface area contributed by atoms with Gasteiger partial charge in [0.2, 0.25) is 10.0 Å². The SMILES string of the molecule is Nc1cccc(F)c1S(=O)(=O)NCC1CSCCS1. The molecular formula is C11H15FN2O2S3. The lowest BCUT2D eigenvalue weighted by molar-refractivity contribution is 0.558. The summed E-state index contributed by atoms with van der Waals surface area (Å²) in [6.07, 6.45) is 0. The highest BCUT2D eigenvalue weighted by Crippen LogP contribution is 2.25. The van der Waals surface area contributed by atoms with E-state index in [1.165, 1.54) is 12.1 Å². The van der Waals surface area contributed by atoms with Crippen LogP contribution in [0.2, 0.25) is 0 Å². The van der Waals surface area contributed by atoms with Crippen molar-refractivity contribution in [1.82, 2.24) is 4.72 Å². The van der Waals surface area contributed by atoms with Crippen LogP contribution in [0.15, 0.2) is 23.1 Å². The van der Waals surface area contributed by atoms with Crippen LogP contribution >= 0.6 is 23.5 Å². The lowest BCUT2D eigenvalue weighted by Gasteiger charge is -2.21. The van der Waals surface area contributed by atoms with Gasteiger partial charge in [0.05, 0.1) is 5.69 Å². The van der Waals surface area contributed by atoms with Crippen LogP contribution in [-0.4, -0.2) is 37.5 Å². The number of hydrogen-bond donors (Lipinski definition) is 2. The van der Waals surface area contributed by atoms with Gasteiger partial charge in [-0.15, -0.1) is 0 Å². The van der Waals surface area contributed by atoms with Crippen LogP contribution in [-0.2, 0) is 10.0 Å². The number of nitrogen functional groups attached to an aromatic ring is 1. The molecule has 1 atom stereocenters.